The second-order valence-electron chi connectivity index (χ2n) is 5.16. The molecule has 3 heteroatoms. The molecule has 21 heavy (non-hydrogen) atoms. The van der Waals surface area contributed by atoms with E-state index in [1.807, 2.05) is 31.2 Å². The molecule has 0 aliphatic rings. The molecule has 0 spiro atoms. The lowest BCUT2D eigenvalue weighted by Gasteiger charge is -2.21. The molecule has 1 unspecified atom stereocenters. The van der Waals surface area contributed by atoms with Gasteiger partial charge in [0, 0.05) is 17.1 Å². The third kappa shape index (κ3) is 4.48. The molecule has 0 aliphatic carbocycles. The molecule has 0 aromatic heterocycles. The van der Waals surface area contributed by atoms with E-state index in [2.05, 4.69) is 43.4 Å². The van der Waals surface area contributed by atoms with Gasteiger partial charge in [0.25, 0.3) is 0 Å². The van der Waals surface area contributed by atoms with Gasteiger partial charge in [0.1, 0.15) is 5.75 Å². The van der Waals surface area contributed by atoms with Crippen LogP contribution in [0.15, 0.2) is 48.5 Å². The Bertz CT molecular complexity index is 550. The highest BCUT2D eigenvalue weighted by Crippen LogP contribution is 2.22. The normalized spacial score (nSPS) is 13.7. The van der Waals surface area contributed by atoms with Crippen LogP contribution < -0.4 is 10.1 Å². The van der Waals surface area contributed by atoms with Crippen LogP contribution in [0.4, 0.5) is 0 Å². The van der Waals surface area contributed by atoms with Crippen molar-refractivity contribution in [2.75, 3.05) is 6.61 Å². The molecule has 0 amide bonds. The molecular weight excluding hydrogens is 282 g/mol. The minimum absolute atomic E-state index is 0.267. The van der Waals surface area contributed by atoms with Crippen LogP contribution in [0.1, 0.15) is 44.0 Å². The van der Waals surface area contributed by atoms with Gasteiger partial charge >= 0.3 is 0 Å². The molecule has 2 aromatic carbocycles. The standard InChI is InChI=1S/C18H22ClNO/c1-4-21-18-11-7-16(8-12-18)14(3)20-13(2)15-5-9-17(19)10-6-15/h5-14,20H,4H2,1-3H3/t13-,14?/m0/s1. The van der Waals surface area contributed by atoms with E-state index in [9.17, 15) is 0 Å². The van der Waals surface area contributed by atoms with Crippen LogP contribution in [0, 0.1) is 0 Å². The zero-order valence-electron chi connectivity index (χ0n) is 12.8. The molecule has 2 atom stereocenters. The Morgan fingerprint density at radius 3 is 1.86 bits per heavy atom. The number of rotatable bonds is 6. The summed E-state index contributed by atoms with van der Waals surface area (Å²) in [4.78, 5) is 0. The van der Waals surface area contributed by atoms with Crippen LogP contribution in [-0.2, 0) is 0 Å². The van der Waals surface area contributed by atoms with Crippen LogP contribution >= 0.6 is 11.6 Å². The topological polar surface area (TPSA) is 21.3 Å². The molecule has 2 aromatic rings. The molecule has 0 bridgehead atoms. The molecule has 1 N–H and O–H groups in total. The third-order valence-electron chi connectivity index (χ3n) is 3.56. The smallest absolute Gasteiger partial charge is 0.119 e. The van der Waals surface area contributed by atoms with Crippen LogP contribution in [0.5, 0.6) is 5.75 Å². The van der Waals surface area contributed by atoms with Crippen molar-refractivity contribution in [1.82, 2.24) is 5.32 Å². The zero-order chi connectivity index (χ0) is 15.2. The van der Waals surface area contributed by atoms with Gasteiger partial charge in [-0.1, -0.05) is 35.9 Å². The van der Waals surface area contributed by atoms with Crippen LogP contribution in [-0.4, -0.2) is 6.61 Å². The molecule has 0 radical (unpaired) electrons. The number of benzene rings is 2. The molecule has 112 valence electrons. The Labute approximate surface area is 132 Å². The van der Waals surface area contributed by atoms with Crippen molar-refractivity contribution < 1.29 is 4.74 Å². The Balaban J connectivity index is 1.99. The summed E-state index contributed by atoms with van der Waals surface area (Å²) in [5, 5.41) is 4.37. The van der Waals surface area contributed by atoms with Gasteiger partial charge in [-0.05, 0) is 56.2 Å². The van der Waals surface area contributed by atoms with E-state index in [0.717, 1.165) is 10.8 Å². The first-order chi connectivity index (χ1) is 10.1. The summed E-state index contributed by atoms with van der Waals surface area (Å²) >= 11 is 5.93. The number of halogens is 1. The van der Waals surface area contributed by atoms with Crippen molar-refractivity contribution >= 4 is 11.6 Å². The average molecular weight is 304 g/mol. The monoisotopic (exact) mass is 303 g/mol. The number of ether oxygens (including phenoxy) is 1. The van der Waals surface area contributed by atoms with E-state index in [1.54, 1.807) is 0 Å². The van der Waals surface area contributed by atoms with Gasteiger partial charge < -0.3 is 10.1 Å². The number of nitrogens with one attached hydrogen (secondary N) is 1. The van der Waals surface area contributed by atoms with E-state index in [4.69, 9.17) is 16.3 Å². The van der Waals surface area contributed by atoms with Gasteiger partial charge in [0.15, 0.2) is 0 Å². The molecule has 2 nitrogen and oxygen atoms in total. The summed E-state index contributed by atoms with van der Waals surface area (Å²) in [6.07, 6.45) is 0. The van der Waals surface area contributed by atoms with E-state index in [-0.39, 0.29) is 12.1 Å². The van der Waals surface area contributed by atoms with Crippen LogP contribution in [0.3, 0.4) is 0 Å². The first-order valence-electron chi connectivity index (χ1n) is 7.34. The van der Waals surface area contributed by atoms with Gasteiger partial charge in [-0.3, -0.25) is 0 Å². The van der Waals surface area contributed by atoms with Crippen molar-refractivity contribution in [2.45, 2.75) is 32.9 Å². The number of hydrogen-bond acceptors (Lipinski definition) is 2. The summed E-state index contributed by atoms with van der Waals surface area (Å²) in [6, 6.07) is 16.8. The van der Waals surface area contributed by atoms with Gasteiger partial charge in [-0.2, -0.15) is 0 Å². The highest BCUT2D eigenvalue weighted by molar-refractivity contribution is 6.30. The Morgan fingerprint density at radius 2 is 1.38 bits per heavy atom. The summed E-state index contributed by atoms with van der Waals surface area (Å²) in [5.74, 6) is 0.916. The molecule has 0 saturated carbocycles. The Morgan fingerprint density at radius 1 is 0.905 bits per heavy atom. The van der Waals surface area contributed by atoms with Crippen molar-refractivity contribution in [2.24, 2.45) is 0 Å². The first kappa shape index (κ1) is 15.9. The molecular formula is C18H22ClNO. The fourth-order valence-electron chi connectivity index (χ4n) is 2.34. The fourth-order valence-corrected chi connectivity index (χ4v) is 2.46. The molecule has 2 rings (SSSR count). The van der Waals surface area contributed by atoms with Gasteiger partial charge in [0.2, 0.25) is 0 Å². The highest BCUT2D eigenvalue weighted by atomic mass is 35.5. The summed E-state index contributed by atoms with van der Waals surface area (Å²) in [7, 11) is 0. The predicted octanol–water partition coefficient (Wildman–Crippen LogP) is 5.15. The minimum Gasteiger partial charge on any atom is -0.494 e. The van der Waals surface area contributed by atoms with Crippen molar-refractivity contribution in [3.63, 3.8) is 0 Å². The largest absolute Gasteiger partial charge is 0.494 e. The lowest BCUT2D eigenvalue weighted by Crippen LogP contribution is -2.22. The Hall–Kier alpha value is -1.51. The third-order valence-corrected chi connectivity index (χ3v) is 3.81. The van der Waals surface area contributed by atoms with Gasteiger partial charge in [-0.25, -0.2) is 0 Å². The molecule has 0 aliphatic heterocycles. The fraction of sp³-hybridized carbons (Fsp3) is 0.333. The molecule has 0 saturated heterocycles. The predicted molar refractivity (Wildman–Crippen MR) is 89.0 cm³/mol. The maximum atomic E-state index is 5.93. The number of hydrogen-bond donors (Lipinski definition) is 1. The quantitative estimate of drug-likeness (QED) is 0.796. The van der Waals surface area contributed by atoms with E-state index < -0.39 is 0 Å². The zero-order valence-corrected chi connectivity index (χ0v) is 13.5. The van der Waals surface area contributed by atoms with Crippen molar-refractivity contribution in [3.8, 4) is 5.75 Å². The average Bonchev–Trinajstić information content (AvgIpc) is 2.49. The van der Waals surface area contributed by atoms with Gasteiger partial charge in [-0.15, -0.1) is 0 Å². The lowest BCUT2D eigenvalue weighted by molar-refractivity contribution is 0.340. The summed E-state index contributed by atoms with van der Waals surface area (Å²) in [6.45, 7) is 7.02. The second kappa shape index (κ2) is 7.48. The van der Waals surface area contributed by atoms with Crippen LogP contribution in [0.25, 0.3) is 0 Å². The summed E-state index contributed by atoms with van der Waals surface area (Å²) in [5.41, 5.74) is 2.48. The maximum Gasteiger partial charge on any atom is 0.119 e. The Kier molecular flexibility index (Phi) is 5.66. The van der Waals surface area contributed by atoms with Crippen LogP contribution in [0.2, 0.25) is 5.02 Å². The second-order valence-corrected chi connectivity index (χ2v) is 5.60. The van der Waals surface area contributed by atoms with Crippen molar-refractivity contribution in [1.29, 1.82) is 0 Å². The summed E-state index contributed by atoms with van der Waals surface area (Å²) < 4.78 is 5.47. The van der Waals surface area contributed by atoms with E-state index in [1.165, 1.54) is 11.1 Å². The lowest BCUT2D eigenvalue weighted by atomic mass is 10.0. The van der Waals surface area contributed by atoms with Crippen molar-refractivity contribution in [3.05, 3.63) is 64.7 Å². The maximum absolute atomic E-state index is 5.93. The highest BCUT2D eigenvalue weighted by Gasteiger charge is 2.11. The molecule has 0 fully saturated rings. The van der Waals surface area contributed by atoms with E-state index in [0.29, 0.717) is 6.61 Å². The first-order valence-corrected chi connectivity index (χ1v) is 7.72. The van der Waals surface area contributed by atoms with Gasteiger partial charge in [0.05, 0.1) is 6.61 Å². The SMILES string of the molecule is CCOc1ccc(C(C)N[C@@H](C)c2ccc(Cl)cc2)cc1. The minimum atomic E-state index is 0.267. The molecule has 0 heterocycles. The van der Waals surface area contributed by atoms with E-state index >= 15 is 0 Å².